The molecule has 1 heterocycles. The normalized spacial score (nSPS) is 10.8. The van der Waals surface area contributed by atoms with Crippen molar-refractivity contribution in [3.8, 4) is 17.1 Å². The summed E-state index contributed by atoms with van der Waals surface area (Å²) in [5, 5.41) is 3.94. The van der Waals surface area contributed by atoms with Crippen molar-refractivity contribution in [3.63, 3.8) is 0 Å². The molecule has 0 spiro atoms. The highest BCUT2D eigenvalue weighted by molar-refractivity contribution is 5.92. The Kier molecular flexibility index (Phi) is 5.31. The first-order valence-corrected chi connectivity index (χ1v) is 8.31. The Morgan fingerprint density at radius 3 is 2.54 bits per heavy atom. The van der Waals surface area contributed by atoms with Gasteiger partial charge >= 0.3 is 5.97 Å². The number of ether oxygens (including phenoxy) is 2. The number of hydrogen-bond donors (Lipinski definition) is 0. The highest BCUT2D eigenvalue weighted by Crippen LogP contribution is 2.21. The molecule has 0 unspecified atom stereocenters. The topological polar surface area (TPSA) is 74.5 Å². The van der Waals surface area contributed by atoms with Crippen LogP contribution < -0.4 is 4.74 Å². The second kappa shape index (κ2) is 7.82. The van der Waals surface area contributed by atoms with Gasteiger partial charge in [-0.2, -0.15) is 4.98 Å². The number of carbonyl (C=O) groups is 1. The molecule has 0 N–H and O–H groups in total. The molecule has 6 nitrogen and oxygen atoms in total. The molecule has 26 heavy (non-hydrogen) atoms. The fourth-order valence-electron chi connectivity index (χ4n) is 2.47. The van der Waals surface area contributed by atoms with Crippen molar-refractivity contribution in [1.29, 1.82) is 0 Å². The van der Waals surface area contributed by atoms with Gasteiger partial charge in [0.2, 0.25) is 5.82 Å². The molecule has 0 fully saturated rings. The number of hydrogen-bond acceptors (Lipinski definition) is 6. The monoisotopic (exact) mass is 352 g/mol. The van der Waals surface area contributed by atoms with E-state index in [1.54, 1.807) is 24.3 Å². The average molecular weight is 352 g/mol. The largest absolute Gasteiger partial charge is 0.496 e. The van der Waals surface area contributed by atoms with Crippen molar-refractivity contribution >= 4 is 5.97 Å². The van der Waals surface area contributed by atoms with Crippen LogP contribution in [-0.4, -0.2) is 23.2 Å². The van der Waals surface area contributed by atoms with E-state index in [4.69, 9.17) is 14.0 Å². The van der Waals surface area contributed by atoms with Gasteiger partial charge in [-0.1, -0.05) is 55.4 Å². The van der Waals surface area contributed by atoms with Crippen LogP contribution in [0.5, 0.6) is 5.75 Å². The summed E-state index contributed by atoms with van der Waals surface area (Å²) in [7, 11) is 1.50. The molecule has 0 saturated heterocycles. The van der Waals surface area contributed by atoms with Crippen molar-refractivity contribution in [3.05, 3.63) is 65.5 Å². The minimum absolute atomic E-state index is 0.103. The molecule has 0 saturated carbocycles. The van der Waals surface area contributed by atoms with Gasteiger partial charge in [-0.25, -0.2) is 4.79 Å². The van der Waals surface area contributed by atoms with E-state index in [2.05, 4.69) is 24.0 Å². The molecule has 0 aliphatic rings. The zero-order chi connectivity index (χ0) is 18.5. The van der Waals surface area contributed by atoms with E-state index in [1.807, 2.05) is 24.3 Å². The lowest BCUT2D eigenvalue weighted by Crippen LogP contribution is -2.07. The fourth-order valence-corrected chi connectivity index (χ4v) is 2.47. The first kappa shape index (κ1) is 17.7. The van der Waals surface area contributed by atoms with E-state index in [9.17, 15) is 4.79 Å². The van der Waals surface area contributed by atoms with Gasteiger partial charge in [0.1, 0.15) is 11.3 Å². The summed E-state index contributed by atoms with van der Waals surface area (Å²) in [5.41, 5.74) is 2.43. The van der Waals surface area contributed by atoms with E-state index < -0.39 is 5.97 Å². The minimum Gasteiger partial charge on any atom is -0.496 e. The van der Waals surface area contributed by atoms with Crippen LogP contribution in [0.15, 0.2) is 53.1 Å². The van der Waals surface area contributed by atoms with Crippen LogP contribution in [0.25, 0.3) is 11.4 Å². The van der Waals surface area contributed by atoms with Crippen molar-refractivity contribution in [1.82, 2.24) is 10.1 Å². The van der Waals surface area contributed by atoms with E-state index in [0.717, 1.165) is 5.56 Å². The SMILES string of the molecule is COc1ccccc1C(=O)OCc1nc(-c2ccc(C(C)C)cc2)no1. The quantitative estimate of drug-likeness (QED) is 0.618. The van der Waals surface area contributed by atoms with Gasteiger partial charge in [-0.3, -0.25) is 0 Å². The molecule has 0 aliphatic carbocycles. The van der Waals surface area contributed by atoms with Crippen molar-refractivity contribution in [2.24, 2.45) is 0 Å². The van der Waals surface area contributed by atoms with Crippen LogP contribution in [0, 0.1) is 0 Å². The molecule has 1 aromatic heterocycles. The summed E-state index contributed by atoms with van der Waals surface area (Å²) in [6.07, 6.45) is 0. The predicted octanol–water partition coefficient (Wildman–Crippen LogP) is 4.23. The minimum atomic E-state index is -0.511. The lowest BCUT2D eigenvalue weighted by molar-refractivity contribution is 0.0426. The Bertz CT molecular complexity index is 885. The molecule has 0 amide bonds. The first-order valence-electron chi connectivity index (χ1n) is 8.31. The third kappa shape index (κ3) is 3.91. The summed E-state index contributed by atoms with van der Waals surface area (Å²) >= 11 is 0. The number of esters is 1. The zero-order valence-corrected chi connectivity index (χ0v) is 14.9. The maximum atomic E-state index is 12.2. The lowest BCUT2D eigenvalue weighted by Gasteiger charge is -2.06. The summed E-state index contributed by atoms with van der Waals surface area (Å²) in [5.74, 6) is 1.09. The van der Waals surface area contributed by atoms with Crippen LogP contribution >= 0.6 is 0 Å². The predicted molar refractivity (Wildman–Crippen MR) is 95.9 cm³/mol. The third-order valence-corrected chi connectivity index (χ3v) is 3.96. The highest BCUT2D eigenvalue weighted by atomic mass is 16.6. The second-order valence-electron chi connectivity index (χ2n) is 6.06. The maximum Gasteiger partial charge on any atom is 0.342 e. The van der Waals surface area contributed by atoms with Gasteiger partial charge in [-0.05, 0) is 23.6 Å². The van der Waals surface area contributed by atoms with E-state index in [1.165, 1.54) is 12.7 Å². The first-order chi connectivity index (χ1) is 12.6. The molecule has 2 aromatic carbocycles. The van der Waals surface area contributed by atoms with Crippen LogP contribution in [0.2, 0.25) is 0 Å². The number of rotatable bonds is 6. The standard InChI is InChI=1S/C20H20N2O4/c1-13(2)14-8-10-15(11-9-14)19-21-18(26-22-19)12-25-20(23)16-6-4-5-7-17(16)24-3/h4-11,13H,12H2,1-3H3. The molecule has 3 aromatic rings. The molecule has 3 rings (SSSR count). The van der Waals surface area contributed by atoms with Gasteiger partial charge in [0, 0.05) is 5.56 Å². The molecule has 6 heteroatoms. The summed E-state index contributed by atoms with van der Waals surface area (Å²) in [4.78, 5) is 16.5. The summed E-state index contributed by atoms with van der Waals surface area (Å²) in [6.45, 7) is 4.17. The zero-order valence-electron chi connectivity index (χ0n) is 14.9. The van der Waals surface area contributed by atoms with Gasteiger partial charge < -0.3 is 14.0 Å². The Balaban J connectivity index is 1.66. The van der Waals surface area contributed by atoms with Crippen molar-refractivity contribution in [2.45, 2.75) is 26.4 Å². The smallest absolute Gasteiger partial charge is 0.342 e. The second-order valence-corrected chi connectivity index (χ2v) is 6.06. The number of benzene rings is 2. The Morgan fingerprint density at radius 2 is 1.85 bits per heavy atom. The molecule has 134 valence electrons. The number of nitrogens with zero attached hydrogens (tertiary/aromatic N) is 2. The van der Waals surface area contributed by atoms with Gasteiger partial charge in [-0.15, -0.1) is 0 Å². The Labute approximate surface area is 151 Å². The number of para-hydroxylation sites is 1. The van der Waals surface area contributed by atoms with E-state index in [-0.39, 0.29) is 12.5 Å². The summed E-state index contributed by atoms with van der Waals surface area (Å²) < 4.78 is 15.6. The third-order valence-electron chi connectivity index (χ3n) is 3.96. The molecular weight excluding hydrogens is 332 g/mol. The number of methoxy groups -OCH3 is 1. The Morgan fingerprint density at radius 1 is 1.12 bits per heavy atom. The van der Waals surface area contributed by atoms with Crippen LogP contribution in [0.4, 0.5) is 0 Å². The average Bonchev–Trinajstić information content (AvgIpc) is 3.15. The molecule has 0 radical (unpaired) electrons. The Hall–Kier alpha value is -3.15. The van der Waals surface area contributed by atoms with Gasteiger partial charge in [0.05, 0.1) is 7.11 Å². The lowest BCUT2D eigenvalue weighted by atomic mass is 10.0. The molecular formula is C20H20N2O4. The van der Waals surface area contributed by atoms with E-state index >= 15 is 0 Å². The van der Waals surface area contributed by atoms with Crippen LogP contribution in [0.1, 0.15) is 41.6 Å². The van der Waals surface area contributed by atoms with E-state index in [0.29, 0.717) is 23.1 Å². The highest BCUT2D eigenvalue weighted by Gasteiger charge is 2.15. The van der Waals surface area contributed by atoms with Crippen LogP contribution in [-0.2, 0) is 11.3 Å². The molecule has 0 atom stereocenters. The van der Waals surface area contributed by atoms with Crippen molar-refractivity contribution in [2.75, 3.05) is 7.11 Å². The number of carbonyl (C=O) groups excluding carboxylic acids is 1. The maximum absolute atomic E-state index is 12.2. The summed E-state index contributed by atoms with van der Waals surface area (Å²) in [6, 6.07) is 14.8. The fraction of sp³-hybridized carbons (Fsp3) is 0.250. The van der Waals surface area contributed by atoms with Crippen molar-refractivity contribution < 1.29 is 18.8 Å². The van der Waals surface area contributed by atoms with Crippen LogP contribution in [0.3, 0.4) is 0 Å². The number of aromatic nitrogens is 2. The molecule has 0 bridgehead atoms. The van der Waals surface area contributed by atoms with Gasteiger partial charge in [0.25, 0.3) is 5.89 Å². The van der Waals surface area contributed by atoms with Gasteiger partial charge in [0.15, 0.2) is 6.61 Å². The molecule has 0 aliphatic heterocycles.